The molecule has 0 aliphatic rings. The standard InChI is InChI=1S/C5H4ClN3O4/c1-8-4(9(12)13)2(6)3(7-8)5(10)11/h1H3,(H,10,11). The number of nitrogens with zero attached hydrogens (tertiary/aromatic N) is 3. The summed E-state index contributed by atoms with van der Waals surface area (Å²) >= 11 is 5.41. The van der Waals surface area contributed by atoms with Crippen molar-refractivity contribution in [2.45, 2.75) is 0 Å². The predicted molar refractivity (Wildman–Crippen MR) is 41.8 cm³/mol. The Morgan fingerprint density at radius 3 is 2.54 bits per heavy atom. The molecule has 1 aromatic rings. The van der Waals surface area contributed by atoms with Crippen LogP contribution in [0.1, 0.15) is 10.5 Å². The molecular formula is C5H4ClN3O4. The van der Waals surface area contributed by atoms with E-state index in [1.807, 2.05) is 0 Å². The van der Waals surface area contributed by atoms with Crippen LogP contribution in [0.25, 0.3) is 0 Å². The summed E-state index contributed by atoms with van der Waals surface area (Å²) in [5.41, 5.74) is -0.518. The third-order valence-corrected chi connectivity index (χ3v) is 1.68. The van der Waals surface area contributed by atoms with Gasteiger partial charge < -0.3 is 15.2 Å². The summed E-state index contributed by atoms with van der Waals surface area (Å²) in [6.07, 6.45) is 0. The lowest BCUT2D eigenvalue weighted by molar-refractivity contribution is -0.392. The molecule has 8 heteroatoms. The molecule has 1 heterocycles. The molecule has 0 unspecified atom stereocenters. The SMILES string of the molecule is Cn1nc(C(=O)O)c(Cl)c1[N+](=O)[O-]. The van der Waals surface area contributed by atoms with E-state index in [0.29, 0.717) is 0 Å². The zero-order valence-corrected chi connectivity index (χ0v) is 7.15. The molecule has 0 atom stereocenters. The van der Waals surface area contributed by atoms with Crippen LogP contribution < -0.4 is 0 Å². The number of hydrogen-bond acceptors (Lipinski definition) is 4. The Hall–Kier alpha value is -1.63. The van der Waals surface area contributed by atoms with Gasteiger partial charge in [-0.2, -0.15) is 0 Å². The molecule has 0 aromatic carbocycles. The highest BCUT2D eigenvalue weighted by Gasteiger charge is 2.27. The predicted octanol–water partition coefficient (Wildman–Crippen LogP) is 0.680. The second kappa shape index (κ2) is 3.02. The lowest BCUT2D eigenvalue weighted by Gasteiger charge is -1.91. The van der Waals surface area contributed by atoms with Gasteiger partial charge >= 0.3 is 11.8 Å². The first kappa shape index (κ1) is 9.46. The number of aromatic nitrogens is 2. The van der Waals surface area contributed by atoms with Crippen LogP contribution in [0.2, 0.25) is 5.02 Å². The van der Waals surface area contributed by atoms with E-state index in [0.717, 1.165) is 4.68 Å². The zero-order chi connectivity index (χ0) is 10.2. The van der Waals surface area contributed by atoms with E-state index in [2.05, 4.69) is 5.10 Å². The monoisotopic (exact) mass is 205 g/mol. The molecule has 13 heavy (non-hydrogen) atoms. The Balaban J connectivity index is 3.39. The molecule has 0 spiro atoms. The van der Waals surface area contributed by atoms with E-state index < -0.39 is 27.4 Å². The number of rotatable bonds is 2. The van der Waals surface area contributed by atoms with Crippen LogP contribution in [0.15, 0.2) is 0 Å². The molecule has 0 saturated heterocycles. The summed E-state index contributed by atoms with van der Waals surface area (Å²) in [5.74, 6) is -1.92. The first-order valence-electron chi connectivity index (χ1n) is 3.05. The van der Waals surface area contributed by atoms with E-state index in [1.165, 1.54) is 7.05 Å². The molecule has 0 aliphatic heterocycles. The Kier molecular flexibility index (Phi) is 2.20. The van der Waals surface area contributed by atoms with Crippen molar-refractivity contribution in [1.29, 1.82) is 0 Å². The summed E-state index contributed by atoms with van der Waals surface area (Å²) < 4.78 is 0.811. The van der Waals surface area contributed by atoms with Gasteiger partial charge in [0.1, 0.15) is 7.05 Å². The first-order chi connectivity index (χ1) is 5.95. The van der Waals surface area contributed by atoms with Gasteiger partial charge in [0, 0.05) is 0 Å². The highest BCUT2D eigenvalue weighted by Crippen LogP contribution is 2.26. The first-order valence-corrected chi connectivity index (χ1v) is 3.43. The summed E-state index contributed by atoms with van der Waals surface area (Å²) in [6.45, 7) is 0. The fraction of sp³-hybridized carbons (Fsp3) is 0.200. The van der Waals surface area contributed by atoms with Gasteiger partial charge in [0.25, 0.3) is 0 Å². The minimum absolute atomic E-state index is 0.458. The topological polar surface area (TPSA) is 98.3 Å². The molecule has 7 nitrogen and oxygen atoms in total. The summed E-state index contributed by atoms with van der Waals surface area (Å²) in [4.78, 5) is 20.0. The van der Waals surface area contributed by atoms with E-state index in [9.17, 15) is 14.9 Å². The second-order valence-corrected chi connectivity index (χ2v) is 2.55. The van der Waals surface area contributed by atoms with Gasteiger partial charge in [-0.25, -0.2) is 4.79 Å². The normalized spacial score (nSPS) is 10.0. The number of aryl methyl sites for hydroxylation is 1. The lowest BCUT2D eigenvalue weighted by atomic mass is 10.4. The van der Waals surface area contributed by atoms with Crippen LogP contribution in [0.4, 0.5) is 5.82 Å². The highest BCUT2D eigenvalue weighted by atomic mass is 35.5. The van der Waals surface area contributed by atoms with Crippen LogP contribution in [0, 0.1) is 10.1 Å². The van der Waals surface area contributed by atoms with Crippen molar-refractivity contribution >= 4 is 23.4 Å². The third kappa shape index (κ3) is 1.45. The maximum atomic E-state index is 10.4. The molecule has 1 rings (SSSR count). The fourth-order valence-electron chi connectivity index (χ4n) is 0.824. The van der Waals surface area contributed by atoms with Crippen molar-refractivity contribution in [2.24, 2.45) is 7.05 Å². The minimum atomic E-state index is -1.39. The van der Waals surface area contributed by atoms with Gasteiger partial charge in [-0.05, 0) is 4.92 Å². The van der Waals surface area contributed by atoms with Crippen LogP contribution >= 0.6 is 11.6 Å². The van der Waals surface area contributed by atoms with Gasteiger partial charge in [-0.15, -0.1) is 4.68 Å². The van der Waals surface area contributed by atoms with E-state index in [4.69, 9.17) is 16.7 Å². The maximum absolute atomic E-state index is 10.4. The number of hydrogen-bond donors (Lipinski definition) is 1. The lowest BCUT2D eigenvalue weighted by Crippen LogP contribution is -2.00. The number of carboxylic acid groups (broad SMARTS) is 1. The molecule has 0 fully saturated rings. The third-order valence-electron chi connectivity index (χ3n) is 1.34. The Bertz CT molecular complexity index is 385. The second-order valence-electron chi connectivity index (χ2n) is 2.17. The Morgan fingerprint density at radius 2 is 2.31 bits per heavy atom. The Labute approximate surface area is 76.7 Å². The van der Waals surface area contributed by atoms with Crippen molar-refractivity contribution in [1.82, 2.24) is 9.78 Å². The average Bonchev–Trinajstić information content (AvgIpc) is 2.26. The van der Waals surface area contributed by atoms with Gasteiger partial charge in [0.2, 0.25) is 5.69 Å². The molecule has 1 aromatic heterocycles. The summed E-state index contributed by atoms with van der Waals surface area (Å²) in [5, 5.41) is 21.8. The van der Waals surface area contributed by atoms with Crippen LogP contribution in [0.5, 0.6) is 0 Å². The zero-order valence-electron chi connectivity index (χ0n) is 6.39. The van der Waals surface area contributed by atoms with Crippen LogP contribution in [-0.2, 0) is 7.05 Å². The highest BCUT2D eigenvalue weighted by molar-refractivity contribution is 6.35. The summed E-state index contributed by atoms with van der Waals surface area (Å²) in [7, 11) is 1.25. The quantitative estimate of drug-likeness (QED) is 0.565. The van der Waals surface area contributed by atoms with Crippen molar-refractivity contribution < 1.29 is 14.8 Å². The molecule has 0 saturated carbocycles. The van der Waals surface area contributed by atoms with Gasteiger partial charge in [0.15, 0.2) is 5.02 Å². The minimum Gasteiger partial charge on any atom is -0.476 e. The largest absolute Gasteiger partial charge is 0.476 e. The van der Waals surface area contributed by atoms with Crippen LogP contribution in [0.3, 0.4) is 0 Å². The molecule has 0 amide bonds. The van der Waals surface area contributed by atoms with Crippen LogP contribution in [-0.4, -0.2) is 25.8 Å². The molecule has 1 N–H and O–H groups in total. The van der Waals surface area contributed by atoms with Gasteiger partial charge in [0.05, 0.1) is 0 Å². The number of carbonyl (C=O) groups is 1. The van der Waals surface area contributed by atoms with Gasteiger partial charge in [-0.3, -0.25) is 0 Å². The summed E-state index contributed by atoms with van der Waals surface area (Å²) in [6, 6.07) is 0. The van der Waals surface area contributed by atoms with Crippen molar-refractivity contribution in [2.75, 3.05) is 0 Å². The Morgan fingerprint density at radius 1 is 1.77 bits per heavy atom. The molecule has 0 radical (unpaired) electrons. The molecule has 0 bridgehead atoms. The average molecular weight is 206 g/mol. The van der Waals surface area contributed by atoms with Gasteiger partial charge in [-0.1, -0.05) is 16.7 Å². The smallest absolute Gasteiger partial charge is 0.364 e. The van der Waals surface area contributed by atoms with E-state index in [-0.39, 0.29) is 0 Å². The number of nitro groups is 1. The van der Waals surface area contributed by atoms with E-state index in [1.54, 1.807) is 0 Å². The van der Waals surface area contributed by atoms with E-state index >= 15 is 0 Å². The number of carboxylic acids is 1. The fourth-order valence-corrected chi connectivity index (χ4v) is 1.13. The van der Waals surface area contributed by atoms with Crippen molar-refractivity contribution in [3.8, 4) is 0 Å². The number of aromatic carboxylic acids is 1. The maximum Gasteiger partial charge on any atom is 0.364 e. The van der Waals surface area contributed by atoms with Crippen molar-refractivity contribution in [3.05, 3.63) is 20.8 Å². The molecule has 0 aliphatic carbocycles. The van der Waals surface area contributed by atoms with Crippen molar-refractivity contribution in [3.63, 3.8) is 0 Å². The molecular weight excluding hydrogens is 202 g/mol. The number of halogens is 1. The molecule has 70 valence electrons.